The Morgan fingerprint density at radius 3 is 2.60 bits per heavy atom. The first kappa shape index (κ1) is 8.34. The summed E-state index contributed by atoms with van der Waals surface area (Å²) >= 11 is 1.92. The van der Waals surface area contributed by atoms with Gasteiger partial charge in [-0.25, -0.2) is 4.39 Å². The van der Waals surface area contributed by atoms with Crippen molar-refractivity contribution in [2.24, 2.45) is 11.7 Å². The standard InChI is InChI=1S/C7H14FNS/c8-7(5-9)6-1-3-10-4-2-6/h6-7H,1-5,9H2. The van der Waals surface area contributed by atoms with Crippen molar-refractivity contribution >= 4 is 11.8 Å². The molecular weight excluding hydrogens is 149 g/mol. The maximum Gasteiger partial charge on any atom is 0.115 e. The molecular formula is C7H14FNS. The Hall–Kier alpha value is 0.240. The lowest BCUT2D eigenvalue weighted by Crippen LogP contribution is -2.27. The van der Waals surface area contributed by atoms with Crippen molar-refractivity contribution < 1.29 is 4.39 Å². The molecule has 0 aromatic heterocycles. The lowest BCUT2D eigenvalue weighted by atomic mass is 9.97. The van der Waals surface area contributed by atoms with E-state index in [1.165, 1.54) is 0 Å². The van der Waals surface area contributed by atoms with Gasteiger partial charge in [0.1, 0.15) is 6.17 Å². The van der Waals surface area contributed by atoms with Gasteiger partial charge in [-0.15, -0.1) is 0 Å². The van der Waals surface area contributed by atoms with Gasteiger partial charge in [0, 0.05) is 6.54 Å². The summed E-state index contributed by atoms with van der Waals surface area (Å²) in [6.07, 6.45) is 1.28. The minimum absolute atomic E-state index is 0.204. The van der Waals surface area contributed by atoms with Gasteiger partial charge in [-0.3, -0.25) is 0 Å². The maximum atomic E-state index is 12.9. The lowest BCUT2D eigenvalue weighted by molar-refractivity contribution is 0.223. The molecule has 1 fully saturated rings. The van der Waals surface area contributed by atoms with Crippen molar-refractivity contribution in [3.05, 3.63) is 0 Å². The van der Waals surface area contributed by atoms with E-state index in [-0.39, 0.29) is 12.5 Å². The first-order chi connectivity index (χ1) is 4.84. The minimum Gasteiger partial charge on any atom is -0.328 e. The Bertz CT molecular complexity index is 93.6. The van der Waals surface area contributed by atoms with E-state index >= 15 is 0 Å². The number of nitrogens with two attached hydrogens (primary N) is 1. The van der Waals surface area contributed by atoms with Crippen molar-refractivity contribution in [2.45, 2.75) is 19.0 Å². The third-order valence-corrected chi connectivity index (χ3v) is 3.05. The highest BCUT2D eigenvalue weighted by Gasteiger charge is 2.21. The van der Waals surface area contributed by atoms with Crippen LogP contribution in [0, 0.1) is 5.92 Å². The zero-order chi connectivity index (χ0) is 7.40. The van der Waals surface area contributed by atoms with Crippen LogP contribution in [-0.4, -0.2) is 24.2 Å². The van der Waals surface area contributed by atoms with Crippen LogP contribution >= 0.6 is 11.8 Å². The van der Waals surface area contributed by atoms with Crippen molar-refractivity contribution in [1.29, 1.82) is 0 Å². The molecule has 10 heavy (non-hydrogen) atoms. The fourth-order valence-electron chi connectivity index (χ4n) is 1.27. The Labute approximate surface area is 65.6 Å². The van der Waals surface area contributed by atoms with E-state index in [0.717, 1.165) is 24.3 Å². The summed E-state index contributed by atoms with van der Waals surface area (Å²) in [6, 6.07) is 0. The number of hydrogen-bond donors (Lipinski definition) is 1. The molecule has 1 atom stereocenters. The molecule has 0 amide bonds. The van der Waals surface area contributed by atoms with Crippen LogP contribution in [0.25, 0.3) is 0 Å². The topological polar surface area (TPSA) is 26.0 Å². The third kappa shape index (κ3) is 2.13. The molecule has 1 unspecified atom stereocenters. The van der Waals surface area contributed by atoms with Crippen LogP contribution in [0.15, 0.2) is 0 Å². The molecule has 0 radical (unpaired) electrons. The van der Waals surface area contributed by atoms with Gasteiger partial charge in [0.25, 0.3) is 0 Å². The summed E-state index contributed by atoms with van der Waals surface area (Å²) in [6.45, 7) is 0.204. The number of rotatable bonds is 2. The van der Waals surface area contributed by atoms with Gasteiger partial charge in [0.05, 0.1) is 0 Å². The van der Waals surface area contributed by atoms with E-state index in [1.54, 1.807) is 0 Å². The molecule has 1 saturated heterocycles. The van der Waals surface area contributed by atoms with Gasteiger partial charge in [0.2, 0.25) is 0 Å². The van der Waals surface area contributed by atoms with E-state index in [0.29, 0.717) is 0 Å². The summed E-state index contributed by atoms with van der Waals surface area (Å²) in [5.74, 6) is 2.49. The summed E-state index contributed by atoms with van der Waals surface area (Å²) < 4.78 is 12.9. The molecule has 1 heterocycles. The number of alkyl halides is 1. The molecule has 0 aliphatic carbocycles. The first-order valence-electron chi connectivity index (χ1n) is 3.76. The second-order valence-electron chi connectivity index (χ2n) is 2.70. The molecule has 60 valence electrons. The molecule has 1 nitrogen and oxygen atoms in total. The van der Waals surface area contributed by atoms with E-state index < -0.39 is 6.17 Å². The van der Waals surface area contributed by atoms with Crippen molar-refractivity contribution in [2.75, 3.05) is 18.1 Å². The molecule has 0 aromatic rings. The second-order valence-corrected chi connectivity index (χ2v) is 3.93. The highest BCUT2D eigenvalue weighted by Crippen LogP contribution is 2.26. The fourth-order valence-corrected chi connectivity index (χ4v) is 2.41. The van der Waals surface area contributed by atoms with Crippen molar-refractivity contribution in [1.82, 2.24) is 0 Å². The maximum absolute atomic E-state index is 12.9. The third-order valence-electron chi connectivity index (χ3n) is 2.00. The Morgan fingerprint density at radius 1 is 1.50 bits per heavy atom. The summed E-state index contributed by atoms with van der Waals surface area (Å²) in [7, 11) is 0. The molecule has 0 bridgehead atoms. The predicted octanol–water partition coefficient (Wildman–Crippen LogP) is 1.43. The highest BCUT2D eigenvalue weighted by atomic mass is 32.2. The largest absolute Gasteiger partial charge is 0.328 e. The number of hydrogen-bond acceptors (Lipinski definition) is 2. The molecule has 2 N–H and O–H groups in total. The van der Waals surface area contributed by atoms with Gasteiger partial charge in [0.15, 0.2) is 0 Å². The van der Waals surface area contributed by atoms with E-state index in [1.807, 2.05) is 11.8 Å². The van der Waals surface area contributed by atoms with Gasteiger partial charge < -0.3 is 5.73 Å². The smallest absolute Gasteiger partial charge is 0.115 e. The second kappa shape index (κ2) is 4.19. The molecule has 1 aliphatic rings. The number of halogens is 1. The summed E-state index contributed by atoms with van der Waals surface area (Å²) in [4.78, 5) is 0. The van der Waals surface area contributed by atoms with Gasteiger partial charge in [-0.1, -0.05) is 0 Å². The van der Waals surface area contributed by atoms with E-state index in [2.05, 4.69) is 0 Å². The quantitative estimate of drug-likeness (QED) is 0.666. The molecule has 0 saturated carbocycles. The Kier molecular flexibility index (Phi) is 3.49. The average Bonchev–Trinajstić information content (AvgIpc) is 2.05. The van der Waals surface area contributed by atoms with Crippen LogP contribution in [0.1, 0.15) is 12.8 Å². The number of thioether (sulfide) groups is 1. The normalized spacial score (nSPS) is 24.6. The molecule has 0 aromatic carbocycles. The Morgan fingerprint density at radius 2 is 2.10 bits per heavy atom. The molecule has 3 heteroatoms. The first-order valence-corrected chi connectivity index (χ1v) is 4.92. The highest BCUT2D eigenvalue weighted by molar-refractivity contribution is 7.99. The van der Waals surface area contributed by atoms with Crippen LogP contribution in [0.2, 0.25) is 0 Å². The lowest BCUT2D eigenvalue weighted by Gasteiger charge is -2.23. The summed E-state index contributed by atoms with van der Waals surface area (Å²) in [5, 5.41) is 0. The van der Waals surface area contributed by atoms with Gasteiger partial charge in [-0.05, 0) is 30.3 Å². The fraction of sp³-hybridized carbons (Fsp3) is 1.00. The van der Waals surface area contributed by atoms with Gasteiger partial charge in [-0.2, -0.15) is 11.8 Å². The van der Waals surface area contributed by atoms with Crippen molar-refractivity contribution in [3.8, 4) is 0 Å². The average molecular weight is 163 g/mol. The van der Waals surface area contributed by atoms with Crippen LogP contribution < -0.4 is 5.73 Å². The Balaban J connectivity index is 2.24. The van der Waals surface area contributed by atoms with Crippen LogP contribution in [-0.2, 0) is 0 Å². The van der Waals surface area contributed by atoms with E-state index in [4.69, 9.17) is 5.73 Å². The minimum atomic E-state index is -0.749. The zero-order valence-electron chi connectivity index (χ0n) is 6.05. The molecule has 1 aliphatic heterocycles. The predicted molar refractivity (Wildman–Crippen MR) is 44.0 cm³/mol. The zero-order valence-corrected chi connectivity index (χ0v) is 6.87. The van der Waals surface area contributed by atoms with Crippen LogP contribution in [0.3, 0.4) is 0 Å². The molecule has 0 spiro atoms. The van der Waals surface area contributed by atoms with E-state index in [9.17, 15) is 4.39 Å². The van der Waals surface area contributed by atoms with Crippen molar-refractivity contribution in [3.63, 3.8) is 0 Å². The monoisotopic (exact) mass is 163 g/mol. The van der Waals surface area contributed by atoms with Gasteiger partial charge >= 0.3 is 0 Å². The molecule has 1 rings (SSSR count). The SMILES string of the molecule is NCC(F)C1CCSCC1. The van der Waals surface area contributed by atoms with Crippen LogP contribution in [0.4, 0.5) is 4.39 Å². The summed E-state index contributed by atoms with van der Waals surface area (Å²) in [5.41, 5.74) is 5.22. The van der Waals surface area contributed by atoms with Crippen LogP contribution in [0.5, 0.6) is 0 Å².